The van der Waals surface area contributed by atoms with Gasteiger partial charge in [0.25, 0.3) is 0 Å². The van der Waals surface area contributed by atoms with Gasteiger partial charge in [-0.05, 0) is 6.92 Å². The summed E-state index contributed by atoms with van der Waals surface area (Å²) in [7, 11) is 1.44. The van der Waals surface area contributed by atoms with E-state index in [-0.39, 0.29) is 37.4 Å². The average molecular weight is 188 g/mol. The van der Waals surface area contributed by atoms with Crippen LogP contribution in [0.2, 0.25) is 0 Å². The number of rotatable bonds is 7. The normalized spacial score (nSPS) is 12.5. The molecule has 4 heteroatoms. The minimum absolute atomic E-state index is 0.0575. The van der Waals surface area contributed by atoms with Gasteiger partial charge < -0.3 is 9.84 Å². The molecule has 13 heavy (non-hydrogen) atoms. The summed E-state index contributed by atoms with van der Waals surface area (Å²) in [5, 5.41) is 8.86. The number of hydrogen-bond donors (Lipinski definition) is 1. The second-order valence-corrected chi connectivity index (χ2v) is 3.06. The van der Waals surface area contributed by atoms with E-state index in [1.807, 2.05) is 0 Å². The van der Waals surface area contributed by atoms with Crippen molar-refractivity contribution < 1.29 is 19.4 Å². The number of aliphatic hydroxyl groups is 1. The molecule has 0 aromatic carbocycles. The van der Waals surface area contributed by atoms with Crippen LogP contribution in [0.4, 0.5) is 0 Å². The maximum absolute atomic E-state index is 11.0. The Morgan fingerprint density at radius 1 is 1.31 bits per heavy atom. The van der Waals surface area contributed by atoms with Crippen LogP contribution >= 0.6 is 0 Å². The molecule has 1 unspecified atom stereocenters. The quantitative estimate of drug-likeness (QED) is 0.625. The fourth-order valence-electron chi connectivity index (χ4n) is 0.944. The summed E-state index contributed by atoms with van der Waals surface area (Å²) in [6.45, 7) is 1.61. The largest absolute Gasteiger partial charge is 0.393 e. The summed E-state index contributed by atoms with van der Waals surface area (Å²) in [4.78, 5) is 21.9. The fourth-order valence-corrected chi connectivity index (χ4v) is 0.944. The molecule has 0 saturated heterocycles. The number of Topliss-reactive ketones (excluding diaryl/α,β-unsaturated/α-hetero) is 2. The SMILES string of the molecule is COCC(=O)CCC(=O)CC(C)O. The molecule has 0 aromatic heterocycles. The molecule has 0 aromatic rings. The molecule has 0 amide bonds. The number of ketones is 2. The van der Waals surface area contributed by atoms with E-state index in [0.29, 0.717) is 0 Å². The molecular formula is C9H16O4. The molecule has 1 atom stereocenters. The van der Waals surface area contributed by atoms with Crippen LogP contribution in [0.1, 0.15) is 26.2 Å². The molecule has 0 spiro atoms. The zero-order chi connectivity index (χ0) is 10.3. The van der Waals surface area contributed by atoms with Crippen molar-refractivity contribution in [3.8, 4) is 0 Å². The summed E-state index contributed by atoms with van der Waals surface area (Å²) in [6, 6.07) is 0. The molecule has 0 radical (unpaired) electrons. The summed E-state index contributed by atoms with van der Waals surface area (Å²) in [6.07, 6.45) is -0.0859. The van der Waals surface area contributed by atoms with Crippen molar-refractivity contribution >= 4 is 11.6 Å². The lowest BCUT2D eigenvalue weighted by Gasteiger charge is -2.02. The van der Waals surface area contributed by atoms with Gasteiger partial charge in [0, 0.05) is 26.4 Å². The van der Waals surface area contributed by atoms with E-state index in [1.165, 1.54) is 7.11 Å². The van der Waals surface area contributed by atoms with Gasteiger partial charge in [-0.3, -0.25) is 9.59 Å². The Morgan fingerprint density at radius 3 is 2.31 bits per heavy atom. The van der Waals surface area contributed by atoms with Crippen LogP contribution in [-0.2, 0) is 14.3 Å². The molecule has 0 aliphatic rings. The minimum atomic E-state index is -0.620. The Balaban J connectivity index is 3.52. The molecule has 76 valence electrons. The summed E-state index contributed by atoms with van der Waals surface area (Å²) in [5.74, 6) is -0.166. The van der Waals surface area contributed by atoms with Crippen molar-refractivity contribution in [1.29, 1.82) is 0 Å². The van der Waals surface area contributed by atoms with E-state index < -0.39 is 6.10 Å². The van der Waals surface area contributed by atoms with Crippen molar-refractivity contribution in [1.82, 2.24) is 0 Å². The Bertz CT molecular complexity index is 174. The van der Waals surface area contributed by atoms with Crippen LogP contribution in [0.3, 0.4) is 0 Å². The standard InChI is InChI=1S/C9H16O4/c1-7(10)5-8(11)3-4-9(12)6-13-2/h7,10H,3-6H2,1-2H3. The van der Waals surface area contributed by atoms with Gasteiger partial charge in [-0.2, -0.15) is 0 Å². The second kappa shape index (κ2) is 6.74. The first-order valence-corrected chi connectivity index (χ1v) is 4.26. The maximum atomic E-state index is 11.0. The van der Waals surface area contributed by atoms with E-state index in [4.69, 9.17) is 5.11 Å². The monoisotopic (exact) mass is 188 g/mol. The molecule has 1 N–H and O–H groups in total. The predicted octanol–water partition coefficient (Wildman–Crippen LogP) is 0.322. The smallest absolute Gasteiger partial charge is 0.158 e. The van der Waals surface area contributed by atoms with Crippen LogP contribution in [0.15, 0.2) is 0 Å². The van der Waals surface area contributed by atoms with Crippen LogP contribution in [0.25, 0.3) is 0 Å². The average Bonchev–Trinajstić information content (AvgIpc) is 2.00. The number of carbonyl (C=O) groups is 2. The van der Waals surface area contributed by atoms with Crippen LogP contribution < -0.4 is 0 Å². The Hall–Kier alpha value is -0.740. The Labute approximate surface area is 77.9 Å². The summed E-state index contributed by atoms with van der Waals surface area (Å²) < 4.78 is 4.61. The molecule has 0 rings (SSSR count). The van der Waals surface area contributed by atoms with Gasteiger partial charge in [-0.15, -0.1) is 0 Å². The predicted molar refractivity (Wildman–Crippen MR) is 47.4 cm³/mol. The molecule has 0 fully saturated rings. The lowest BCUT2D eigenvalue weighted by Crippen LogP contribution is -2.13. The first kappa shape index (κ1) is 12.3. The van der Waals surface area contributed by atoms with E-state index >= 15 is 0 Å². The highest BCUT2D eigenvalue weighted by molar-refractivity contribution is 5.86. The van der Waals surface area contributed by atoms with Crippen molar-refractivity contribution in [2.24, 2.45) is 0 Å². The second-order valence-electron chi connectivity index (χ2n) is 3.06. The lowest BCUT2D eigenvalue weighted by atomic mass is 10.1. The van der Waals surface area contributed by atoms with Crippen molar-refractivity contribution in [3.05, 3.63) is 0 Å². The number of aliphatic hydroxyl groups excluding tert-OH is 1. The highest BCUT2D eigenvalue weighted by Gasteiger charge is 2.08. The highest BCUT2D eigenvalue weighted by atomic mass is 16.5. The molecule has 0 aliphatic heterocycles. The zero-order valence-electron chi connectivity index (χ0n) is 8.08. The Morgan fingerprint density at radius 2 is 1.85 bits per heavy atom. The molecule has 0 aliphatic carbocycles. The first-order valence-electron chi connectivity index (χ1n) is 4.26. The number of hydrogen-bond acceptors (Lipinski definition) is 4. The first-order chi connectivity index (χ1) is 6.06. The third-order valence-corrected chi connectivity index (χ3v) is 1.51. The third-order valence-electron chi connectivity index (χ3n) is 1.51. The molecule has 0 heterocycles. The van der Waals surface area contributed by atoms with E-state index in [9.17, 15) is 9.59 Å². The summed E-state index contributed by atoms with van der Waals surface area (Å²) >= 11 is 0. The van der Waals surface area contributed by atoms with Gasteiger partial charge >= 0.3 is 0 Å². The lowest BCUT2D eigenvalue weighted by molar-refractivity contribution is -0.127. The van der Waals surface area contributed by atoms with Gasteiger partial charge in [-0.1, -0.05) is 0 Å². The number of carbonyl (C=O) groups excluding carboxylic acids is 2. The number of ether oxygens (including phenoxy) is 1. The van der Waals surface area contributed by atoms with Crippen LogP contribution in [-0.4, -0.2) is 36.5 Å². The topological polar surface area (TPSA) is 63.6 Å². The van der Waals surface area contributed by atoms with Gasteiger partial charge in [0.05, 0.1) is 6.10 Å². The number of methoxy groups -OCH3 is 1. The molecule has 4 nitrogen and oxygen atoms in total. The van der Waals surface area contributed by atoms with Crippen molar-refractivity contribution in [3.63, 3.8) is 0 Å². The maximum Gasteiger partial charge on any atom is 0.158 e. The Kier molecular flexibility index (Phi) is 6.36. The fraction of sp³-hybridized carbons (Fsp3) is 0.778. The van der Waals surface area contributed by atoms with Crippen LogP contribution in [0, 0.1) is 0 Å². The summed E-state index contributed by atoms with van der Waals surface area (Å²) in [5.41, 5.74) is 0. The molecular weight excluding hydrogens is 172 g/mol. The van der Waals surface area contributed by atoms with Gasteiger partial charge in [0.2, 0.25) is 0 Å². The van der Waals surface area contributed by atoms with E-state index in [1.54, 1.807) is 6.92 Å². The molecule has 0 bridgehead atoms. The van der Waals surface area contributed by atoms with Crippen molar-refractivity contribution in [2.45, 2.75) is 32.3 Å². The van der Waals surface area contributed by atoms with E-state index in [2.05, 4.69) is 4.74 Å². The van der Waals surface area contributed by atoms with Gasteiger partial charge in [0.15, 0.2) is 5.78 Å². The third kappa shape index (κ3) is 7.62. The van der Waals surface area contributed by atoms with Crippen molar-refractivity contribution in [2.75, 3.05) is 13.7 Å². The highest BCUT2D eigenvalue weighted by Crippen LogP contribution is 1.99. The zero-order valence-corrected chi connectivity index (χ0v) is 8.08. The van der Waals surface area contributed by atoms with Crippen LogP contribution in [0.5, 0.6) is 0 Å². The molecule has 0 saturated carbocycles. The van der Waals surface area contributed by atoms with E-state index in [0.717, 1.165) is 0 Å². The van der Waals surface area contributed by atoms with Gasteiger partial charge in [0.1, 0.15) is 12.4 Å². The minimum Gasteiger partial charge on any atom is -0.393 e. The van der Waals surface area contributed by atoms with Gasteiger partial charge in [-0.25, -0.2) is 0 Å².